The zero-order valence-electron chi connectivity index (χ0n) is 16.8. The van der Waals surface area contributed by atoms with Crippen LogP contribution >= 0.6 is 8.53 Å². The van der Waals surface area contributed by atoms with Gasteiger partial charge in [-0.3, -0.25) is 4.79 Å². The first kappa shape index (κ1) is 24.8. The van der Waals surface area contributed by atoms with Crippen molar-refractivity contribution in [2.24, 2.45) is 5.92 Å². The number of esters is 1. The average Bonchev–Trinajstić information content (AvgIpc) is 2.78. The molecule has 1 atom stereocenters. The zero-order valence-corrected chi connectivity index (χ0v) is 17.7. The Bertz CT molecular complexity index is 855. The van der Waals surface area contributed by atoms with Crippen molar-refractivity contribution < 1.29 is 40.5 Å². The van der Waals surface area contributed by atoms with Crippen molar-refractivity contribution in [2.75, 3.05) is 13.2 Å². The van der Waals surface area contributed by atoms with Gasteiger partial charge in [0.2, 0.25) is 34.8 Å². The van der Waals surface area contributed by atoms with E-state index in [4.69, 9.17) is 13.8 Å². The van der Waals surface area contributed by atoms with Gasteiger partial charge in [-0.1, -0.05) is 44.9 Å². The lowest BCUT2D eigenvalue weighted by Crippen LogP contribution is -2.26. The summed E-state index contributed by atoms with van der Waals surface area (Å²) in [6.45, 7) is 3.60. The molecule has 1 unspecified atom stereocenters. The minimum atomic E-state index is -2.53. The van der Waals surface area contributed by atoms with Crippen LogP contribution in [0.1, 0.15) is 26.7 Å². The molecule has 2 rings (SSSR count). The van der Waals surface area contributed by atoms with Crippen LogP contribution in [0.4, 0.5) is 22.0 Å². The van der Waals surface area contributed by atoms with E-state index in [2.05, 4.69) is 5.09 Å². The van der Waals surface area contributed by atoms with E-state index in [1.54, 1.807) is 18.2 Å². The molecule has 0 aliphatic heterocycles. The quantitative estimate of drug-likeness (QED) is 0.153. The molecule has 31 heavy (non-hydrogen) atoms. The molecular formula is C20H21F5NO4P. The molecule has 0 aliphatic rings. The molecule has 0 aromatic heterocycles. The number of carbonyl (C=O) groups excluding carboxylic acids is 1. The number of rotatable bonds is 11. The lowest BCUT2D eigenvalue weighted by molar-refractivity contribution is -0.143. The Kier molecular flexibility index (Phi) is 9.45. The summed E-state index contributed by atoms with van der Waals surface area (Å²) in [5.41, 5.74) is 0. The smallest absolute Gasteiger partial charge is 0.382 e. The first-order valence-electron chi connectivity index (χ1n) is 9.40. The number of hydrogen-bond donors (Lipinski definition) is 1. The van der Waals surface area contributed by atoms with Crippen LogP contribution in [0.5, 0.6) is 11.5 Å². The second kappa shape index (κ2) is 11.8. The second-order valence-corrected chi connectivity index (χ2v) is 7.55. The standard InChI is InChI=1S/C20H21F5NO4P/c1-3-12(4-2)11-28-14(27)10-26-31(29-13-8-6-5-7-9-13)30-20-18(24)16(22)15(21)17(23)19(20)25/h5-9,12,26H,3-4,10-11H2,1-2H3. The maximum atomic E-state index is 14.0. The van der Waals surface area contributed by atoms with Crippen LogP contribution < -0.4 is 14.1 Å². The Labute approximate surface area is 177 Å². The third-order valence-electron chi connectivity index (χ3n) is 4.26. The van der Waals surface area contributed by atoms with Gasteiger partial charge < -0.3 is 13.8 Å². The Hall–Kier alpha value is -2.45. The first-order chi connectivity index (χ1) is 14.8. The van der Waals surface area contributed by atoms with Crippen molar-refractivity contribution in [2.45, 2.75) is 26.7 Å². The lowest BCUT2D eigenvalue weighted by atomic mass is 10.1. The lowest BCUT2D eigenvalue weighted by Gasteiger charge is -2.20. The molecule has 0 radical (unpaired) electrons. The largest absolute Gasteiger partial charge is 0.464 e. The van der Waals surface area contributed by atoms with Gasteiger partial charge in [0.25, 0.3) is 0 Å². The number of benzene rings is 2. The summed E-state index contributed by atoms with van der Waals surface area (Å²) >= 11 is 0. The van der Waals surface area contributed by atoms with Gasteiger partial charge in [0, 0.05) is 0 Å². The maximum absolute atomic E-state index is 14.0. The van der Waals surface area contributed by atoms with Gasteiger partial charge in [0.05, 0.1) is 6.61 Å². The Morgan fingerprint density at radius 2 is 1.45 bits per heavy atom. The number of hydrogen-bond acceptors (Lipinski definition) is 5. The number of carbonyl (C=O) groups is 1. The van der Waals surface area contributed by atoms with Gasteiger partial charge >= 0.3 is 14.5 Å². The molecule has 170 valence electrons. The Morgan fingerprint density at radius 3 is 2.00 bits per heavy atom. The van der Waals surface area contributed by atoms with E-state index in [0.29, 0.717) is 0 Å². The molecule has 0 saturated carbocycles. The minimum absolute atomic E-state index is 0.176. The topological polar surface area (TPSA) is 56.8 Å². The Balaban J connectivity index is 2.16. The fourth-order valence-corrected chi connectivity index (χ4v) is 3.39. The Morgan fingerprint density at radius 1 is 0.903 bits per heavy atom. The molecule has 11 heteroatoms. The van der Waals surface area contributed by atoms with Gasteiger partial charge in [-0.2, -0.15) is 8.78 Å². The molecule has 0 aliphatic carbocycles. The molecule has 0 fully saturated rings. The van der Waals surface area contributed by atoms with Gasteiger partial charge in [-0.25, -0.2) is 18.3 Å². The van der Waals surface area contributed by atoms with Crippen molar-refractivity contribution in [1.29, 1.82) is 0 Å². The number of para-hydroxylation sites is 1. The van der Waals surface area contributed by atoms with E-state index < -0.39 is 55.9 Å². The zero-order chi connectivity index (χ0) is 23.0. The van der Waals surface area contributed by atoms with Crippen molar-refractivity contribution in [3.05, 3.63) is 59.4 Å². The second-order valence-electron chi connectivity index (χ2n) is 6.35. The van der Waals surface area contributed by atoms with E-state index in [-0.39, 0.29) is 18.3 Å². The summed E-state index contributed by atoms with van der Waals surface area (Å²) in [6, 6.07) is 7.80. The van der Waals surface area contributed by atoms with Crippen molar-refractivity contribution in [1.82, 2.24) is 5.09 Å². The highest BCUT2D eigenvalue weighted by Gasteiger charge is 2.30. The van der Waals surface area contributed by atoms with Crippen LogP contribution in [0.3, 0.4) is 0 Å². The third kappa shape index (κ3) is 6.77. The van der Waals surface area contributed by atoms with Crippen molar-refractivity contribution in [3.8, 4) is 11.5 Å². The van der Waals surface area contributed by atoms with E-state index in [1.807, 2.05) is 13.8 Å². The van der Waals surface area contributed by atoms with E-state index in [9.17, 15) is 26.7 Å². The highest BCUT2D eigenvalue weighted by Crippen LogP contribution is 2.40. The maximum Gasteiger partial charge on any atom is 0.382 e. The summed E-state index contributed by atoms with van der Waals surface area (Å²) in [4.78, 5) is 12.0. The highest BCUT2D eigenvalue weighted by atomic mass is 31.2. The fourth-order valence-electron chi connectivity index (χ4n) is 2.32. The van der Waals surface area contributed by atoms with Gasteiger partial charge in [-0.15, -0.1) is 0 Å². The van der Waals surface area contributed by atoms with Crippen molar-refractivity contribution >= 4 is 14.5 Å². The van der Waals surface area contributed by atoms with Crippen LogP contribution in [-0.2, 0) is 9.53 Å². The highest BCUT2D eigenvalue weighted by molar-refractivity contribution is 7.45. The van der Waals surface area contributed by atoms with Gasteiger partial charge in [0.15, 0.2) is 0 Å². The van der Waals surface area contributed by atoms with Gasteiger partial charge in [0.1, 0.15) is 12.3 Å². The normalized spacial score (nSPS) is 12.0. The molecule has 1 N–H and O–H groups in total. The van der Waals surface area contributed by atoms with E-state index in [1.165, 1.54) is 12.1 Å². The molecule has 0 bridgehead atoms. The van der Waals surface area contributed by atoms with E-state index >= 15 is 0 Å². The molecule has 2 aromatic carbocycles. The van der Waals surface area contributed by atoms with Crippen molar-refractivity contribution in [3.63, 3.8) is 0 Å². The third-order valence-corrected chi connectivity index (χ3v) is 5.40. The van der Waals surface area contributed by atoms with Gasteiger partial charge in [-0.05, 0) is 18.1 Å². The number of halogens is 5. The molecule has 5 nitrogen and oxygen atoms in total. The summed E-state index contributed by atoms with van der Waals surface area (Å²) in [6.07, 6.45) is 1.62. The molecule has 2 aromatic rings. The molecule has 0 saturated heterocycles. The number of ether oxygens (including phenoxy) is 1. The molecule has 0 heterocycles. The van der Waals surface area contributed by atoms with Crippen LogP contribution in [0.2, 0.25) is 0 Å². The van der Waals surface area contributed by atoms with Crippen LogP contribution in [0.25, 0.3) is 0 Å². The monoisotopic (exact) mass is 465 g/mol. The number of nitrogens with one attached hydrogen (secondary N) is 1. The summed E-state index contributed by atoms with van der Waals surface area (Å²) in [7, 11) is -2.53. The molecular weight excluding hydrogens is 444 g/mol. The summed E-state index contributed by atoms with van der Waals surface area (Å²) in [5, 5.41) is 2.46. The average molecular weight is 465 g/mol. The SMILES string of the molecule is CCC(CC)COC(=O)CNP(Oc1ccccc1)Oc1c(F)c(F)c(F)c(F)c1F. The first-order valence-corrected chi connectivity index (χ1v) is 10.6. The molecule has 0 spiro atoms. The molecule has 0 amide bonds. The van der Waals surface area contributed by atoms with Crippen LogP contribution in [0, 0.1) is 35.0 Å². The minimum Gasteiger partial charge on any atom is -0.464 e. The summed E-state index contributed by atoms with van der Waals surface area (Å²) in [5.74, 6) is -12.8. The van der Waals surface area contributed by atoms with E-state index in [0.717, 1.165) is 12.8 Å². The fraction of sp³-hybridized carbons (Fsp3) is 0.350. The van der Waals surface area contributed by atoms with Crippen LogP contribution in [0.15, 0.2) is 30.3 Å². The predicted octanol–water partition coefficient (Wildman–Crippen LogP) is 5.64. The predicted molar refractivity (Wildman–Crippen MR) is 104 cm³/mol. The van der Waals surface area contributed by atoms with Crippen LogP contribution in [-0.4, -0.2) is 19.1 Å². The summed E-state index contributed by atoms with van der Waals surface area (Å²) < 4.78 is 83.6.